The third-order valence-corrected chi connectivity index (χ3v) is 5.64. The Morgan fingerprint density at radius 2 is 1.68 bits per heavy atom. The van der Waals surface area contributed by atoms with Gasteiger partial charge in [0, 0.05) is 44.3 Å². The molecule has 2 N–H and O–H groups in total. The van der Waals surface area contributed by atoms with E-state index in [9.17, 15) is 0 Å². The number of benzene rings is 2. The van der Waals surface area contributed by atoms with Crippen molar-refractivity contribution in [2.24, 2.45) is 0 Å². The van der Waals surface area contributed by atoms with Crippen LogP contribution in [0.4, 0.5) is 5.69 Å². The van der Waals surface area contributed by atoms with Crippen molar-refractivity contribution < 1.29 is 0 Å². The van der Waals surface area contributed by atoms with Gasteiger partial charge in [0.2, 0.25) is 0 Å². The molecule has 0 atom stereocenters. The average Bonchev–Trinajstić information content (AvgIpc) is 2.75. The first kappa shape index (κ1) is 18.4. The number of likely N-dealkylation sites (N-methyl/N-ethyl adjacent to an activating group) is 1. The third-order valence-electron chi connectivity index (χ3n) is 5.64. The van der Waals surface area contributed by atoms with E-state index in [1.807, 2.05) is 18.2 Å². The van der Waals surface area contributed by atoms with E-state index in [-0.39, 0.29) is 0 Å². The topological polar surface area (TPSA) is 69.2 Å². The lowest BCUT2D eigenvalue weighted by molar-refractivity contribution is 0.132. The number of rotatable bonds is 4. The van der Waals surface area contributed by atoms with E-state index in [0.29, 0.717) is 11.3 Å². The summed E-state index contributed by atoms with van der Waals surface area (Å²) in [5.74, 6) is 0. The Balaban J connectivity index is 1.50. The number of hydrogen-bond acceptors (Lipinski definition) is 5. The molecule has 0 radical (unpaired) electrons. The molecule has 1 saturated heterocycles. The van der Waals surface area contributed by atoms with Gasteiger partial charge in [-0.15, -0.1) is 0 Å². The van der Waals surface area contributed by atoms with Gasteiger partial charge in [-0.1, -0.05) is 43.3 Å². The third kappa shape index (κ3) is 3.70. The maximum atomic E-state index is 9.10. The molecule has 2 heterocycles. The van der Waals surface area contributed by atoms with Gasteiger partial charge in [0.25, 0.3) is 0 Å². The molecule has 0 amide bonds. The number of anilines is 1. The first-order valence-corrected chi connectivity index (χ1v) is 9.80. The van der Waals surface area contributed by atoms with Gasteiger partial charge in [-0.05, 0) is 29.3 Å². The van der Waals surface area contributed by atoms with Crippen LogP contribution in [0, 0.1) is 11.3 Å². The summed E-state index contributed by atoms with van der Waals surface area (Å²) in [6, 6.07) is 16.9. The van der Waals surface area contributed by atoms with Crippen LogP contribution in [0.5, 0.6) is 0 Å². The van der Waals surface area contributed by atoms with Gasteiger partial charge in [0.05, 0.1) is 16.8 Å². The molecule has 5 heteroatoms. The van der Waals surface area contributed by atoms with Gasteiger partial charge in [-0.3, -0.25) is 9.88 Å². The summed E-state index contributed by atoms with van der Waals surface area (Å²) >= 11 is 0. The van der Waals surface area contributed by atoms with Crippen molar-refractivity contribution in [2.45, 2.75) is 13.5 Å². The van der Waals surface area contributed by atoms with Crippen molar-refractivity contribution in [1.29, 1.82) is 5.26 Å². The maximum absolute atomic E-state index is 9.10. The number of nitrogens with two attached hydrogens (primary N) is 1. The summed E-state index contributed by atoms with van der Waals surface area (Å²) in [6.07, 6.45) is 1.54. The van der Waals surface area contributed by atoms with Crippen molar-refractivity contribution in [2.75, 3.05) is 38.5 Å². The van der Waals surface area contributed by atoms with Crippen molar-refractivity contribution in [3.8, 4) is 17.2 Å². The summed E-state index contributed by atoms with van der Waals surface area (Å²) in [5.41, 5.74) is 11.4. The molecule has 142 valence electrons. The molecule has 2 aromatic carbocycles. The fourth-order valence-electron chi connectivity index (χ4n) is 3.81. The molecule has 1 aliphatic heterocycles. The number of nitriles is 1. The fourth-order valence-corrected chi connectivity index (χ4v) is 3.81. The molecule has 1 fully saturated rings. The predicted molar refractivity (Wildman–Crippen MR) is 114 cm³/mol. The zero-order chi connectivity index (χ0) is 19.5. The number of nitrogen functional groups attached to an aromatic ring is 1. The van der Waals surface area contributed by atoms with Crippen LogP contribution in [0.2, 0.25) is 0 Å². The first-order valence-electron chi connectivity index (χ1n) is 9.80. The average molecular weight is 371 g/mol. The number of aromatic nitrogens is 1. The van der Waals surface area contributed by atoms with Gasteiger partial charge in [0.15, 0.2) is 0 Å². The highest BCUT2D eigenvalue weighted by Crippen LogP contribution is 2.28. The molecule has 3 aromatic rings. The van der Waals surface area contributed by atoms with Crippen LogP contribution in [0.1, 0.15) is 18.1 Å². The largest absolute Gasteiger partial charge is 0.397 e. The number of nitrogens with zero attached hydrogens (tertiary/aromatic N) is 4. The minimum Gasteiger partial charge on any atom is -0.397 e. The summed E-state index contributed by atoms with van der Waals surface area (Å²) in [5, 5.41) is 9.93. The molecular formula is C23H25N5. The zero-order valence-electron chi connectivity index (χ0n) is 16.2. The molecule has 0 aliphatic carbocycles. The molecule has 0 bridgehead atoms. The standard InChI is InChI=1S/C23H25N5/c1-2-27-9-11-28(12-10-27)16-17-3-5-18(6-4-17)19-7-8-21-22(13-19)26-15-20(14-24)23(21)25/h3-8,13,15H,2,9-12,16H2,1H3,(H2,25,26). The number of hydrogen-bond donors (Lipinski definition) is 1. The Morgan fingerprint density at radius 1 is 1.00 bits per heavy atom. The lowest BCUT2D eigenvalue weighted by Gasteiger charge is -2.34. The summed E-state index contributed by atoms with van der Waals surface area (Å²) < 4.78 is 0. The van der Waals surface area contributed by atoms with Crippen LogP contribution in [-0.2, 0) is 6.54 Å². The maximum Gasteiger partial charge on any atom is 0.103 e. The van der Waals surface area contributed by atoms with Gasteiger partial charge in [-0.2, -0.15) is 5.26 Å². The normalized spacial score (nSPS) is 15.6. The van der Waals surface area contributed by atoms with Crippen molar-refractivity contribution in [1.82, 2.24) is 14.8 Å². The summed E-state index contributed by atoms with van der Waals surface area (Å²) in [4.78, 5) is 9.42. The number of fused-ring (bicyclic) bond motifs is 1. The monoisotopic (exact) mass is 371 g/mol. The van der Waals surface area contributed by atoms with E-state index in [0.717, 1.165) is 61.3 Å². The Labute approximate surface area is 166 Å². The minimum atomic E-state index is 0.421. The second-order valence-electron chi connectivity index (χ2n) is 7.34. The summed E-state index contributed by atoms with van der Waals surface area (Å²) in [6.45, 7) is 8.98. The second-order valence-corrected chi connectivity index (χ2v) is 7.34. The lowest BCUT2D eigenvalue weighted by Crippen LogP contribution is -2.45. The van der Waals surface area contributed by atoms with Crippen LogP contribution in [0.3, 0.4) is 0 Å². The van der Waals surface area contributed by atoms with Gasteiger partial charge in [-0.25, -0.2) is 0 Å². The zero-order valence-corrected chi connectivity index (χ0v) is 16.2. The summed E-state index contributed by atoms with van der Waals surface area (Å²) in [7, 11) is 0. The number of pyridine rings is 1. The number of piperazine rings is 1. The van der Waals surface area contributed by atoms with Crippen LogP contribution in [0.15, 0.2) is 48.7 Å². The molecule has 0 saturated carbocycles. The first-order chi connectivity index (χ1) is 13.7. The Bertz CT molecular complexity index is 1010. The van der Waals surface area contributed by atoms with Crippen LogP contribution >= 0.6 is 0 Å². The lowest BCUT2D eigenvalue weighted by atomic mass is 10.0. The second kappa shape index (κ2) is 7.97. The van der Waals surface area contributed by atoms with Crippen molar-refractivity contribution >= 4 is 16.6 Å². The van der Waals surface area contributed by atoms with Crippen molar-refractivity contribution in [3.05, 3.63) is 59.8 Å². The Kier molecular flexibility index (Phi) is 5.25. The molecule has 0 spiro atoms. The molecular weight excluding hydrogens is 346 g/mol. The van der Waals surface area contributed by atoms with Crippen LogP contribution in [-0.4, -0.2) is 47.5 Å². The van der Waals surface area contributed by atoms with Gasteiger partial charge >= 0.3 is 0 Å². The van der Waals surface area contributed by atoms with Gasteiger partial charge in [0.1, 0.15) is 6.07 Å². The molecule has 0 unspecified atom stereocenters. The van der Waals surface area contributed by atoms with Crippen LogP contribution < -0.4 is 5.73 Å². The van der Waals surface area contributed by atoms with E-state index < -0.39 is 0 Å². The molecule has 1 aliphatic rings. The predicted octanol–water partition coefficient (Wildman–Crippen LogP) is 3.49. The quantitative estimate of drug-likeness (QED) is 0.760. The highest BCUT2D eigenvalue weighted by Gasteiger charge is 2.15. The molecule has 5 nitrogen and oxygen atoms in total. The minimum absolute atomic E-state index is 0.421. The van der Waals surface area contributed by atoms with E-state index in [2.05, 4.69) is 52.0 Å². The molecule has 28 heavy (non-hydrogen) atoms. The van der Waals surface area contributed by atoms with Gasteiger partial charge < -0.3 is 10.6 Å². The Hall–Kier alpha value is -2.94. The fraction of sp³-hybridized carbons (Fsp3) is 0.304. The highest BCUT2D eigenvalue weighted by atomic mass is 15.3. The SMILES string of the molecule is CCN1CCN(Cc2ccc(-c3ccc4c(N)c(C#N)cnc4c3)cc2)CC1. The van der Waals surface area contributed by atoms with Crippen LogP contribution in [0.25, 0.3) is 22.0 Å². The molecule has 1 aromatic heterocycles. The van der Waals surface area contributed by atoms with E-state index in [4.69, 9.17) is 11.0 Å². The van der Waals surface area contributed by atoms with E-state index in [1.165, 1.54) is 5.56 Å². The highest BCUT2D eigenvalue weighted by molar-refractivity contribution is 5.95. The van der Waals surface area contributed by atoms with E-state index in [1.54, 1.807) is 6.20 Å². The smallest absolute Gasteiger partial charge is 0.103 e. The van der Waals surface area contributed by atoms with E-state index >= 15 is 0 Å². The van der Waals surface area contributed by atoms with Crippen molar-refractivity contribution in [3.63, 3.8) is 0 Å². The Morgan fingerprint density at radius 3 is 2.36 bits per heavy atom. The molecule has 4 rings (SSSR count).